The Bertz CT molecular complexity index is 652. The van der Waals surface area contributed by atoms with E-state index in [0.717, 1.165) is 20.8 Å². The smallest absolute Gasteiger partial charge is 0.328 e. The van der Waals surface area contributed by atoms with Crippen molar-refractivity contribution in [1.29, 1.82) is 0 Å². The second kappa shape index (κ2) is 12.0. The number of carbonyl (C=O) groups excluding carboxylic acids is 3. The zero-order chi connectivity index (χ0) is 23.8. The highest BCUT2D eigenvalue weighted by Crippen LogP contribution is 2.02. The minimum Gasteiger partial charge on any atom is -0.481 e. The molecule has 0 fully saturated rings. The number of rotatable bonds is 12. The number of aliphatic hydroxyl groups excluding tert-OH is 3. The standard InChI is InChI=1S/C16H28N4O10/c1-5(21)10(18-13(26)8(17)4-9(24)25)14(27)19-11(6(2)22)15(28)20-12(7(3)23)16(29)30/h5-8,10-12,21-23H,4,17H2,1-3H3,(H,18,26)(H,19,27)(H,20,28)(H,24,25)(H,29,30). The first kappa shape index (κ1) is 27.2. The normalized spacial score (nSPS) is 18.0. The Balaban J connectivity index is 5.36. The van der Waals surface area contributed by atoms with Crippen molar-refractivity contribution in [2.24, 2.45) is 5.73 Å². The van der Waals surface area contributed by atoms with Gasteiger partial charge >= 0.3 is 11.9 Å². The molecule has 0 aromatic carbocycles. The summed E-state index contributed by atoms with van der Waals surface area (Å²) in [4.78, 5) is 58.4. The lowest BCUT2D eigenvalue weighted by Crippen LogP contribution is -2.62. The Kier molecular flexibility index (Phi) is 10.9. The number of carboxylic acids is 2. The first-order chi connectivity index (χ1) is 13.7. The van der Waals surface area contributed by atoms with E-state index < -0.39 is 78.6 Å². The van der Waals surface area contributed by atoms with Crippen LogP contribution in [-0.4, -0.2) is 97.7 Å². The van der Waals surface area contributed by atoms with Gasteiger partial charge in [-0.15, -0.1) is 0 Å². The molecule has 0 bridgehead atoms. The Labute approximate surface area is 171 Å². The van der Waals surface area contributed by atoms with Crippen LogP contribution >= 0.6 is 0 Å². The van der Waals surface area contributed by atoms with Crippen molar-refractivity contribution < 1.29 is 49.5 Å². The number of carboxylic acid groups (broad SMARTS) is 2. The van der Waals surface area contributed by atoms with Gasteiger partial charge in [0.2, 0.25) is 17.7 Å². The first-order valence-corrected chi connectivity index (χ1v) is 8.84. The van der Waals surface area contributed by atoms with Gasteiger partial charge in [0.25, 0.3) is 0 Å². The lowest BCUT2D eigenvalue weighted by molar-refractivity contribution is -0.146. The molecule has 0 saturated heterocycles. The molecular formula is C16H28N4O10. The highest BCUT2D eigenvalue weighted by Gasteiger charge is 2.35. The van der Waals surface area contributed by atoms with E-state index in [-0.39, 0.29) is 0 Å². The number of carbonyl (C=O) groups is 5. The second-order valence-electron chi connectivity index (χ2n) is 6.72. The van der Waals surface area contributed by atoms with Gasteiger partial charge < -0.3 is 47.2 Å². The monoisotopic (exact) mass is 436 g/mol. The second-order valence-corrected chi connectivity index (χ2v) is 6.72. The molecule has 172 valence electrons. The van der Waals surface area contributed by atoms with Gasteiger partial charge in [0.05, 0.1) is 30.8 Å². The van der Waals surface area contributed by atoms with Gasteiger partial charge in [-0.05, 0) is 20.8 Å². The summed E-state index contributed by atoms with van der Waals surface area (Å²) in [7, 11) is 0. The van der Waals surface area contributed by atoms with Crippen molar-refractivity contribution in [3.8, 4) is 0 Å². The maximum Gasteiger partial charge on any atom is 0.328 e. The van der Waals surface area contributed by atoms with Crippen LogP contribution in [-0.2, 0) is 24.0 Å². The molecule has 0 aliphatic heterocycles. The molecule has 0 aromatic heterocycles. The minimum absolute atomic E-state index is 0.741. The number of amides is 3. The van der Waals surface area contributed by atoms with E-state index >= 15 is 0 Å². The molecule has 0 radical (unpaired) electrons. The van der Waals surface area contributed by atoms with Gasteiger partial charge in [-0.3, -0.25) is 19.2 Å². The van der Waals surface area contributed by atoms with E-state index in [2.05, 4.69) is 5.32 Å². The van der Waals surface area contributed by atoms with E-state index in [9.17, 15) is 39.3 Å². The molecule has 3 amide bonds. The maximum atomic E-state index is 12.4. The van der Waals surface area contributed by atoms with E-state index in [1.165, 1.54) is 0 Å². The number of nitrogens with one attached hydrogen (secondary N) is 3. The Morgan fingerprint density at radius 3 is 1.33 bits per heavy atom. The SMILES string of the molecule is CC(O)C(NC(=O)C(NC(=O)C(NC(=O)C(N)CC(=O)O)C(C)O)C(C)O)C(=O)O. The summed E-state index contributed by atoms with van der Waals surface area (Å²) in [5.74, 6) is -6.27. The van der Waals surface area contributed by atoms with Gasteiger partial charge in [-0.2, -0.15) is 0 Å². The maximum absolute atomic E-state index is 12.4. The number of hydrogen-bond donors (Lipinski definition) is 9. The molecule has 10 N–H and O–H groups in total. The van der Waals surface area contributed by atoms with Crippen LogP contribution in [0.25, 0.3) is 0 Å². The molecule has 7 unspecified atom stereocenters. The molecule has 0 aliphatic carbocycles. The van der Waals surface area contributed by atoms with Crippen LogP contribution in [0.4, 0.5) is 0 Å². The minimum atomic E-state index is -1.73. The lowest BCUT2D eigenvalue weighted by Gasteiger charge is -2.27. The summed E-state index contributed by atoms with van der Waals surface area (Å²) < 4.78 is 0. The molecule has 14 heteroatoms. The largest absolute Gasteiger partial charge is 0.481 e. The quantitative estimate of drug-likeness (QED) is 0.141. The van der Waals surface area contributed by atoms with E-state index in [0.29, 0.717) is 0 Å². The molecule has 7 atom stereocenters. The third-order valence-corrected chi connectivity index (χ3v) is 3.90. The van der Waals surface area contributed by atoms with E-state index in [4.69, 9.17) is 15.9 Å². The van der Waals surface area contributed by atoms with Crippen molar-refractivity contribution in [2.75, 3.05) is 0 Å². The van der Waals surface area contributed by atoms with Crippen LogP contribution in [0.1, 0.15) is 27.2 Å². The van der Waals surface area contributed by atoms with E-state index in [1.54, 1.807) is 0 Å². The summed E-state index contributed by atoms with van der Waals surface area (Å²) >= 11 is 0. The summed E-state index contributed by atoms with van der Waals surface area (Å²) in [6.07, 6.45) is -5.27. The fraction of sp³-hybridized carbons (Fsp3) is 0.688. The first-order valence-electron chi connectivity index (χ1n) is 8.84. The van der Waals surface area contributed by atoms with Gasteiger partial charge in [-0.1, -0.05) is 0 Å². The Morgan fingerprint density at radius 1 is 0.700 bits per heavy atom. The highest BCUT2D eigenvalue weighted by molar-refractivity contribution is 5.95. The number of aliphatic carboxylic acids is 2. The van der Waals surface area contributed by atoms with Crippen LogP contribution in [0, 0.1) is 0 Å². The number of nitrogens with two attached hydrogens (primary N) is 1. The Morgan fingerprint density at radius 2 is 1.03 bits per heavy atom. The van der Waals surface area contributed by atoms with Gasteiger partial charge in [0, 0.05) is 0 Å². The molecule has 0 heterocycles. The molecule has 0 aromatic rings. The Hall–Kier alpha value is -2.81. The number of aliphatic hydroxyl groups is 3. The predicted molar refractivity (Wildman–Crippen MR) is 98.7 cm³/mol. The summed E-state index contributed by atoms with van der Waals surface area (Å²) in [6, 6.07) is -6.62. The van der Waals surface area contributed by atoms with Crippen LogP contribution in [0.15, 0.2) is 0 Å². The van der Waals surface area contributed by atoms with Crippen molar-refractivity contribution >= 4 is 29.7 Å². The zero-order valence-corrected chi connectivity index (χ0v) is 16.6. The average Bonchev–Trinajstić information content (AvgIpc) is 2.59. The summed E-state index contributed by atoms with van der Waals surface area (Å²) in [5.41, 5.74) is 5.39. The van der Waals surface area contributed by atoms with Crippen molar-refractivity contribution in [1.82, 2.24) is 16.0 Å². The highest BCUT2D eigenvalue weighted by atomic mass is 16.4. The number of hydrogen-bond acceptors (Lipinski definition) is 9. The van der Waals surface area contributed by atoms with Crippen LogP contribution < -0.4 is 21.7 Å². The van der Waals surface area contributed by atoms with Gasteiger partial charge in [-0.25, -0.2) is 4.79 Å². The topological polar surface area (TPSA) is 249 Å². The molecule has 0 rings (SSSR count). The summed E-state index contributed by atoms with van der Waals surface area (Å²) in [6.45, 7) is 3.34. The van der Waals surface area contributed by atoms with Crippen molar-refractivity contribution in [2.45, 2.75) is 69.7 Å². The third kappa shape index (κ3) is 8.69. The molecule has 30 heavy (non-hydrogen) atoms. The van der Waals surface area contributed by atoms with Crippen LogP contribution in [0.2, 0.25) is 0 Å². The molecule has 0 spiro atoms. The summed E-state index contributed by atoms with van der Waals surface area (Å²) in [5, 5.41) is 52.7. The molecule has 0 aliphatic rings. The molecule has 0 saturated carbocycles. The van der Waals surface area contributed by atoms with Crippen LogP contribution in [0.5, 0.6) is 0 Å². The third-order valence-electron chi connectivity index (χ3n) is 3.90. The lowest BCUT2D eigenvalue weighted by atomic mass is 10.1. The van der Waals surface area contributed by atoms with Gasteiger partial charge in [0.15, 0.2) is 6.04 Å². The molecular weight excluding hydrogens is 408 g/mol. The van der Waals surface area contributed by atoms with Crippen LogP contribution in [0.3, 0.4) is 0 Å². The fourth-order valence-corrected chi connectivity index (χ4v) is 2.23. The van der Waals surface area contributed by atoms with Gasteiger partial charge in [0.1, 0.15) is 12.1 Å². The predicted octanol–water partition coefficient (Wildman–Crippen LogP) is -4.53. The zero-order valence-electron chi connectivity index (χ0n) is 16.6. The van der Waals surface area contributed by atoms with E-state index in [1.807, 2.05) is 10.6 Å². The van der Waals surface area contributed by atoms with Crippen molar-refractivity contribution in [3.05, 3.63) is 0 Å². The van der Waals surface area contributed by atoms with Crippen molar-refractivity contribution in [3.63, 3.8) is 0 Å². The molecule has 14 nitrogen and oxygen atoms in total. The average molecular weight is 436 g/mol. The fourth-order valence-electron chi connectivity index (χ4n) is 2.23.